The van der Waals surface area contributed by atoms with E-state index in [9.17, 15) is 4.79 Å². The quantitative estimate of drug-likeness (QED) is 0.388. The van der Waals surface area contributed by atoms with E-state index < -0.39 is 5.92 Å². The second-order valence-electron chi connectivity index (χ2n) is 12.0. The molecule has 2 aromatic rings. The Kier molecular flexibility index (Phi) is 5.57. The first-order valence-electron chi connectivity index (χ1n) is 11.2. The minimum absolute atomic E-state index is 0.0301. The number of fused-ring (bicyclic) bond motifs is 1. The van der Waals surface area contributed by atoms with Crippen molar-refractivity contribution >= 4 is 5.97 Å². The third-order valence-electron chi connectivity index (χ3n) is 6.18. The Morgan fingerprint density at radius 1 is 0.806 bits per heavy atom. The van der Waals surface area contributed by atoms with Gasteiger partial charge in [-0.15, -0.1) is 0 Å². The Bertz CT molecular complexity index is 1020. The largest absolute Gasteiger partial charge is 0.496 e. The molecule has 1 aliphatic heterocycles. The monoisotopic (exact) mass is 422 g/mol. The Morgan fingerprint density at radius 3 is 1.87 bits per heavy atom. The first kappa shape index (κ1) is 23.4. The van der Waals surface area contributed by atoms with E-state index >= 15 is 0 Å². The highest BCUT2D eigenvalue weighted by atomic mass is 16.5. The number of ether oxygens (including phenoxy) is 2. The van der Waals surface area contributed by atoms with E-state index in [4.69, 9.17) is 9.47 Å². The molecule has 1 heterocycles. The maximum absolute atomic E-state index is 13.2. The summed E-state index contributed by atoms with van der Waals surface area (Å²) in [6.45, 7) is 21.7. The molecule has 0 saturated carbocycles. The fourth-order valence-electron chi connectivity index (χ4n) is 4.37. The second kappa shape index (κ2) is 7.39. The van der Waals surface area contributed by atoms with Crippen LogP contribution in [0.1, 0.15) is 102 Å². The van der Waals surface area contributed by atoms with E-state index in [1.807, 2.05) is 6.92 Å². The number of hydrogen-bond donors (Lipinski definition) is 0. The summed E-state index contributed by atoms with van der Waals surface area (Å²) in [5.74, 6) is 1.00. The summed E-state index contributed by atoms with van der Waals surface area (Å²) >= 11 is 0. The molecule has 31 heavy (non-hydrogen) atoms. The lowest BCUT2D eigenvalue weighted by molar-refractivity contribution is -0.133. The van der Waals surface area contributed by atoms with E-state index in [0.29, 0.717) is 0 Å². The number of benzene rings is 2. The van der Waals surface area contributed by atoms with Crippen molar-refractivity contribution < 1.29 is 14.3 Å². The fourth-order valence-corrected chi connectivity index (χ4v) is 4.37. The Labute approximate surface area is 188 Å². The van der Waals surface area contributed by atoms with E-state index in [1.165, 1.54) is 5.56 Å². The number of hydrogen-bond acceptors (Lipinski definition) is 3. The predicted octanol–water partition coefficient (Wildman–Crippen LogP) is 6.95. The zero-order valence-electron chi connectivity index (χ0n) is 21.1. The summed E-state index contributed by atoms with van der Waals surface area (Å²) in [6.07, 6.45) is 0. The van der Waals surface area contributed by atoms with Gasteiger partial charge in [-0.1, -0.05) is 86.6 Å². The van der Waals surface area contributed by atoms with Crippen LogP contribution in [0.3, 0.4) is 0 Å². The normalized spacial score (nSPS) is 16.9. The van der Waals surface area contributed by atoms with Crippen LogP contribution in [0.15, 0.2) is 24.3 Å². The number of rotatable bonds is 2. The number of carbonyl (C=O) groups is 1. The van der Waals surface area contributed by atoms with Crippen LogP contribution in [-0.2, 0) is 21.0 Å². The highest BCUT2D eigenvalue weighted by Gasteiger charge is 2.40. The van der Waals surface area contributed by atoms with Gasteiger partial charge in [0.1, 0.15) is 17.4 Å². The molecule has 0 aliphatic carbocycles. The average Bonchev–Trinajstić information content (AvgIpc) is 2.93. The molecule has 0 fully saturated rings. The van der Waals surface area contributed by atoms with E-state index in [2.05, 4.69) is 86.6 Å². The maximum atomic E-state index is 13.2. The molecule has 1 atom stereocenters. The smallest absolute Gasteiger partial charge is 0.323 e. The first-order valence-corrected chi connectivity index (χ1v) is 11.2. The number of carbonyl (C=O) groups excluding carboxylic acids is 1. The van der Waals surface area contributed by atoms with Crippen molar-refractivity contribution in [1.82, 2.24) is 0 Å². The molecule has 0 bridgehead atoms. The summed E-state index contributed by atoms with van der Waals surface area (Å²) in [5.41, 5.74) is 6.13. The minimum atomic E-state index is -0.427. The Balaban J connectivity index is 2.31. The highest BCUT2D eigenvalue weighted by Crippen LogP contribution is 2.48. The van der Waals surface area contributed by atoms with Crippen LogP contribution in [0.4, 0.5) is 0 Å². The summed E-state index contributed by atoms with van der Waals surface area (Å²) in [4.78, 5) is 13.2. The van der Waals surface area contributed by atoms with Crippen LogP contribution in [-0.4, -0.2) is 13.1 Å². The molecule has 0 spiro atoms. The SMILES string of the molecule is COc1c(C)cc(C2C(=O)Oc3c2cc(C(C)(C)C)cc3C(C)(C)C)cc1C(C)(C)C. The zero-order valence-corrected chi connectivity index (χ0v) is 21.1. The topological polar surface area (TPSA) is 35.5 Å². The number of esters is 1. The average molecular weight is 423 g/mol. The predicted molar refractivity (Wildman–Crippen MR) is 128 cm³/mol. The zero-order chi connectivity index (χ0) is 23.5. The molecule has 3 nitrogen and oxygen atoms in total. The second-order valence-corrected chi connectivity index (χ2v) is 12.0. The van der Waals surface area contributed by atoms with Crippen molar-refractivity contribution in [2.75, 3.05) is 7.11 Å². The van der Waals surface area contributed by atoms with Crippen molar-refractivity contribution in [3.05, 3.63) is 57.6 Å². The van der Waals surface area contributed by atoms with Crippen molar-refractivity contribution in [2.24, 2.45) is 0 Å². The molecule has 0 radical (unpaired) electrons. The Hall–Kier alpha value is -2.29. The highest BCUT2D eigenvalue weighted by molar-refractivity contribution is 5.90. The molecule has 0 N–H and O–H groups in total. The number of methoxy groups -OCH3 is 1. The fraction of sp³-hybridized carbons (Fsp3) is 0.536. The van der Waals surface area contributed by atoms with Gasteiger partial charge >= 0.3 is 5.97 Å². The first-order chi connectivity index (χ1) is 14.1. The molecule has 2 aromatic carbocycles. The standard InChI is InChI=1S/C28H38O3/c1-16-12-17(13-20(23(16)30-11)27(5,6)7)22-19-14-18(26(2,3)4)15-21(28(8,9)10)24(19)31-25(22)29/h12-15,22H,1-11H3. The van der Waals surface area contributed by atoms with Crippen LogP contribution in [0.25, 0.3) is 0 Å². The van der Waals surface area contributed by atoms with Gasteiger partial charge in [-0.3, -0.25) is 4.79 Å². The molecule has 3 rings (SSSR count). The van der Waals surface area contributed by atoms with Crippen LogP contribution < -0.4 is 9.47 Å². The molecular formula is C28H38O3. The summed E-state index contributed by atoms with van der Waals surface area (Å²) < 4.78 is 11.7. The molecule has 168 valence electrons. The van der Waals surface area contributed by atoms with Gasteiger partial charge in [0.25, 0.3) is 0 Å². The van der Waals surface area contributed by atoms with E-state index in [-0.39, 0.29) is 22.2 Å². The van der Waals surface area contributed by atoms with Crippen molar-refractivity contribution in [1.29, 1.82) is 0 Å². The summed E-state index contributed by atoms with van der Waals surface area (Å²) in [7, 11) is 1.71. The van der Waals surface area contributed by atoms with Gasteiger partial charge in [0.2, 0.25) is 0 Å². The van der Waals surface area contributed by atoms with Crippen LogP contribution >= 0.6 is 0 Å². The summed E-state index contributed by atoms with van der Waals surface area (Å²) in [6, 6.07) is 8.60. The van der Waals surface area contributed by atoms with Crippen molar-refractivity contribution in [3.63, 3.8) is 0 Å². The molecule has 0 amide bonds. The molecule has 1 aliphatic rings. The van der Waals surface area contributed by atoms with Gasteiger partial charge in [0, 0.05) is 16.7 Å². The van der Waals surface area contributed by atoms with Crippen molar-refractivity contribution in [3.8, 4) is 11.5 Å². The third-order valence-corrected chi connectivity index (χ3v) is 6.18. The summed E-state index contributed by atoms with van der Waals surface area (Å²) in [5, 5.41) is 0. The maximum Gasteiger partial charge on any atom is 0.323 e. The molecular weight excluding hydrogens is 384 g/mol. The van der Waals surface area contributed by atoms with Gasteiger partial charge < -0.3 is 9.47 Å². The van der Waals surface area contributed by atoms with Gasteiger partial charge in [0.05, 0.1) is 7.11 Å². The lowest BCUT2D eigenvalue weighted by atomic mass is 9.76. The van der Waals surface area contributed by atoms with Gasteiger partial charge in [-0.05, 0) is 39.9 Å². The van der Waals surface area contributed by atoms with Gasteiger partial charge in [-0.2, -0.15) is 0 Å². The number of aryl methyl sites for hydroxylation is 1. The van der Waals surface area contributed by atoms with Crippen LogP contribution in [0.5, 0.6) is 11.5 Å². The molecule has 0 saturated heterocycles. The van der Waals surface area contributed by atoms with E-state index in [0.717, 1.165) is 39.3 Å². The van der Waals surface area contributed by atoms with Crippen LogP contribution in [0.2, 0.25) is 0 Å². The van der Waals surface area contributed by atoms with Crippen LogP contribution in [0, 0.1) is 6.92 Å². The minimum Gasteiger partial charge on any atom is -0.496 e. The lowest BCUT2D eigenvalue weighted by Gasteiger charge is -2.27. The molecule has 3 heteroatoms. The van der Waals surface area contributed by atoms with Crippen molar-refractivity contribution in [2.45, 2.75) is 91.4 Å². The molecule has 1 unspecified atom stereocenters. The third kappa shape index (κ3) is 4.24. The van der Waals surface area contributed by atoms with Gasteiger partial charge in [0.15, 0.2) is 0 Å². The Morgan fingerprint density at radius 2 is 1.39 bits per heavy atom. The lowest BCUT2D eigenvalue weighted by Crippen LogP contribution is -2.18. The van der Waals surface area contributed by atoms with E-state index in [1.54, 1.807) is 7.11 Å². The molecule has 0 aromatic heterocycles. The van der Waals surface area contributed by atoms with Gasteiger partial charge in [-0.25, -0.2) is 0 Å².